The molecule has 1 heterocycles. The predicted molar refractivity (Wildman–Crippen MR) is 80.4 cm³/mol. The van der Waals surface area contributed by atoms with Crippen LogP contribution in [0.25, 0.3) is 0 Å². The topological polar surface area (TPSA) is 24.5 Å². The Bertz CT molecular complexity index is 274. The maximum absolute atomic E-state index is 5.79. The van der Waals surface area contributed by atoms with Crippen molar-refractivity contribution >= 4 is 0 Å². The van der Waals surface area contributed by atoms with Crippen LogP contribution in [0.15, 0.2) is 0 Å². The van der Waals surface area contributed by atoms with Gasteiger partial charge in [0.05, 0.1) is 6.61 Å². The third-order valence-corrected chi connectivity index (χ3v) is 4.72. The molecular weight excluding hydrogens is 236 g/mol. The first-order valence-corrected chi connectivity index (χ1v) is 8.00. The Balaban J connectivity index is 1.84. The van der Waals surface area contributed by atoms with Crippen LogP contribution in [0.4, 0.5) is 0 Å². The van der Waals surface area contributed by atoms with Crippen molar-refractivity contribution in [3.05, 3.63) is 0 Å². The van der Waals surface area contributed by atoms with Crippen molar-refractivity contribution in [2.45, 2.75) is 46.1 Å². The highest BCUT2D eigenvalue weighted by atomic mass is 16.5. The van der Waals surface area contributed by atoms with Crippen molar-refractivity contribution < 1.29 is 4.74 Å². The lowest BCUT2D eigenvalue weighted by atomic mass is 9.81. The molecule has 0 aromatic rings. The minimum absolute atomic E-state index is 0.329. The largest absolute Gasteiger partial charge is 0.381 e. The van der Waals surface area contributed by atoms with Crippen molar-refractivity contribution in [2.75, 3.05) is 39.9 Å². The minimum Gasteiger partial charge on any atom is -0.381 e. The number of rotatable bonds is 7. The number of hydrogen-bond donors (Lipinski definition) is 1. The molecule has 3 unspecified atom stereocenters. The fourth-order valence-corrected chi connectivity index (χ4v) is 3.34. The fourth-order valence-electron chi connectivity index (χ4n) is 3.34. The average Bonchev–Trinajstić information content (AvgIpc) is 3.03. The van der Waals surface area contributed by atoms with Crippen molar-refractivity contribution in [3.8, 4) is 0 Å². The van der Waals surface area contributed by atoms with Crippen LogP contribution in [-0.2, 0) is 4.74 Å². The van der Waals surface area contributed by atoms with E-state index in [1.54, 1.807) is 0 Å². The molecule has 1 N–H and O–H groups in total. The second-order valence-corrected chi connectivity index (χ2v) is 7.36. The molecule has 0 spiro atoms. The van der Waals surface area contributed by atoms with Crippen LogP contribution in [0.5, 0.6) is 0 Å². The fraction of sp³-hybridized carbons (Fsp3) is 1.00. The highest BCUT2D eigenvalue weighted by Crippen LogP contribution is 2.38. The van der Waals surface area contributed by atoms with Gasteiger partial charge in [-0.15, -0.1) is 0 Å². The van der Waals surface area contributed by atoms with E-state index in [0.29, 0.717) is 11.5 Å². The molecule has 0 bridgehead atoms. The molecule has 0 aromatic carbocycles. The van der Waals surface area contributed by atoms with Gasteiger partial charge in [-0.05, 0) is 38.1 Å². The molecule has 1 saturated carbocycles. The van der Waals surface area contributed by atoms with E-state index in [0.717, 1.165) is 31.6 Å². The summed E-state index contributed by atoms with van der Waals surface area (Å²) in [6.45, 7) is 12.2. The van der Waals surface area contributed by atoms with Gasteiger partial charge in [-0.25, -0.2) is 0 Å². The van der Waals surface area contributed by atoms with Gasteiger partial charge in [0.25, 0.3) is 0 Å². The van der Waals surface area contributed by atoms with Crippen molar-refractivity contribution in [2.24, 2.45) is 17.3 Å². The Hall–Kier alpha value is -0.120. The van der Waals surface area contributed by atoms with E-state index in [-0.39, 0.29) is 0 Å². The quantitative estimate of drug-likeness (QED) is 0.767. The molecule has 1 aliphatic heterocycles. The molecule has 0 radical (unpaired) electrons. The number of hydrogen-bond acceptors (Lipinski definition) is 3. The van der Waals surface area contributed by atoms with E-state index in [9.17, 15) is 0 Å². The van der Waals surface area contributed by atoms with Gasteiger partial charge in [0.2, 0.25) is 0 Å². The monoisotopic (exact) mass is 268 g/mol. The third kappa shape index (κ3) is 4.73. The van der Waals surface area contributed by atoms with Gasteiger partial charge < -0.3 is 15.0 Å². The van der Waals surface area contributed by atoms with E-state index in [2.05, 4.69) is 38.0 Å². The summed E-state index contributed by atoms with van der Waals surface area (Å²) in [4.78, 5) is 2.55. The van der Waals surface area contributed by atoms with Gasteiger partial charge in [-0.1, -0.05) is 20.8 Å². The van der Waals surface area contributed by atoms with E-state index in [4.69, 9.17) is 4.74 Å². The Kier molecular flexibility index (Phi) is 5.27. The smallest absolute Gasteiger partial charge is 0.0546 e. The van der Waals surface area contributed by atoms with Crippen molar-refractivity contribution in [3.63, 3.8) is 0 Å². The summed E-state index contributed by atoms with van der Waals surface area (Å²) in [5, 5.41) is 3.63. The van der Waals surface area contributed by atoms with E-state index >= 15 is 0 Å². The zero-order chi connectivity index (χ0) is 13.9. The van der Waals surface area contributed by atoms with Crippen LogP contribution >= 0.6 is 0 Å². The van der Waals surface area contributed by atoms with Gasteiger partial charge in [0.1, 0.15) is 0 Å². The zero-order valence-corrected chi connectivity index (χ0v) is 13.2. The standard InChI is InChI=1S/C16H32N2O/c1-13(2)17-10-16(6-5-7-19-12-16)11-18(4)9-15-8-14(15)3/h13-15,17H,5-12H2,1-4H3. The van der Waals surface area contributed by atoms with Crippen LogP contribution in [0.2, 0.25) is 0 Å². The molecule has 2 rings (SSSR count). The summed E-state index contributed by atoms with van der Waals surface area (Å²) < 4.78 is 5.79. The number of nitrogens with one attached hydrogen (secondary N) is 1. The zero-order valence-electron chi connectivity index (χ0n) is 13.2. The first kappa shape index (κ1) is 15.3. The van der Waals surface area contributed by atoms with Crippen LogP contribution in [0.3, 0.4) is 0 Å². The normalized spacial score (nSPS) is 35.1. The molecule has 2 fully saturated rings. The lowest BCUT2D eigenvalue weighted by molar-refractivity contribution is -0.0241. The average molecular weight is 268 g/mol. The van der Waals surface area contributed by atoms with E-state index in [1.165, 1.54) is 32.4 Å². The van der Waals surface area contributed by atoms with Crippen molar-refractivity contribution in [1.82, 2.24) is 10.2 Å². The molecule has 2 aliphatic rings. The highest BCUT2D eigenvalue weighted by molar-refractivity contribution is 4.90. The summed E-state index contributed by atoms with van der Waals surface area (Å²) in [6, 6.07) is 0.563. The molecule has 1 saturated heterocycles. The summed E-state index contributed by atoms with van der Waals surface area (Å²) in [7, 11) is 2.29. The maximum Gasteiger partial charge on any atom is 0.0546 e. The van der Waals surface area contributed by atoms with Crippen LogP contribution < -0.4 is 5.32 Å². The molecule has 1 aliphatic carbocycles. The van der Waals surface area contributed by atoms with Gasteiger partial charge in [-0.3, -0.25) is 0 Å². The lowest BCUT2D eigenvalue weighted by Crippen LogP contribution is -2.49. The Labute approximate surface area is 119 Å². The minimum atomic E-state index is 0.329. The Morgan fingerprint density at radius 3 is 2.68 bits per heavy atom. The number of ether oxygens (including phenoxy) is 1. The Morgan fingerprint density at radius 1 is 1.42 bits per heavy atom. The van der Waals surface area contributed by atoms with Crippen LogP contribution in [-0.4, -0.2) is 50.8 Å². The molecule has 19 heavy (non-hydrogen) atoms. The van der Waals surface area contributed by atoms with Gasteiger partial charge in [0, 0.05) is 37.7 Å². The summed E-state index contributed by atoms with van der Waals surface area (Å²) in [6.07, 6.45) is 3.95. The van der Waals surface area contributed by atoms with E-state index in [1.807, 2.05) is 0 Å². The first-order chi connectivity index (χ1) is 9.01. The number of nitrogens with zero attached hydrogens (tertiary/aromatic N) is 1. The molecule has 3 nitrogen and oxygen atoms in total. The third-order valence-electron chi connectivity index (χ3n) is 4.72. The van der Waals surface area contributed by atoms with Gasteiger partial charge >= 0.3 is 0 Å². The molecule has 0 aromatic heterocycles. The second kappa shape index (κ2) is 6.55. The molecule has 0 amide bonds. The maximum atomic E-state index is 5.79. The molecule has 3 atom stereocenters. The van der Waals surface area contributed by atoms with E-state index < -0.39 is 0 Å². The predicted octanol–water partition coefficient (Wildman–Crippen LogP) is 2.37. The Morgan fingerprint density at radius 2 is 2.16 bits per heavy atom. The summed E-state index contributed by atoms with van der Waals surface area (Å²) in [5.41, 5.74) is 0.329. The molecule has 112 valence electrons. The summed E-state index contributed by atoms with van der Waals surface area (Å²) in [5.74, 6) is 1.90. The summed E-state index contributed by atoms with van der Waals surface area (Å²) >= 11 is 0. The lowest BCUT2D eigenvalue weighted by Gasteiger charge is -2.40. The van der Waals surface area contributed by atoms with Crippen molar-refractivity contribution in [1.29, 1.82) is 0 Å². The van der Waals surface area contributed by atoms with Gasteiger partial charge in [0.15, 0.2) is 0 Å². The second-order valence-electron chi connectivity index (χ2n) is 7.36. The van der Waals surface area contributed by atoms with Gasteiger partial charge in [-0.2, -0.15) is 0 Å². The van der Waals surface area contributed by atoms with Crippen LogP contribution in [0, 0.1) is 17.3 Å². The van der Waals surface area contributed by atoms with Crippen LogP contribution in [0.1, 0.15) is 40.0 Å². The molecular formula is C16H32N2O. The highest BCUT2D eigenvalue weighted by Gasteiger charge is 2.37. The SMILES string of the molecule is CC(C)NCC1(CN(C)CC2CC2C)CCCOC1. The first-order valence-electron chi connectivity index (χ1n) is 8.00. The molecule has 3 heteroatoms.